The summed E-state index contributed by atoms with van der Waals surface area (Å²) in [5, 5.41) is 2.94. The minimum Gasteiger partial charge on any atom is -0.370 e. The normalized spacial score (nSPS) is 15.0. The molecule has 0 aromatic heterocycles. The van der Waals surface area contributed by atoms with Crippen molar-refractivity contribution in [2.75, 3.05) is 50.7 Å². The van der Waals surface area contributed by atoms with E-state index in [1.165, 1.54) is 30.1 Å². The van der Waals surface area contributed by atoms with E-state index in [4.69, 9.17) is 16.3 Å². The van der Waals surface area contributed by atoms with Gasteiger partial charge in [0.15, 0.2) is 0 Å². The average molecular weight is 453 g/mol. The van der Waals surface area contributed by atoms with E-state index in [1.807, 2.05) is 6.07 Å². The predicted molar refractivity (Wildman–Crippen MR) is 117 cm³/mol. The van der Waals surface area contributed by atoms with Crippen LogP contribution in [0.3, 0.4) is 0 Å². The fourth-order valence-corrected chi connectivity index (χ4v) is 5.01. The molecule has 1 fully saturated rings. The number of hydrogen-bond acceptors (Lipinski definition) is 4. The first-order chi connectivity index (χ1) is 14.4. The molecule has 0 aliphatic carbocycles. The van der Waals surface area contributed by atoms with E-state index in [1.54, 1.807) is 24.3 Å². The summed E-state index contributed by atoms with van der Waals surface area (Å²) in [6.45, 7) is 5.02. The number of benzene rings is 2. The molecular weight excluding hydrogens is 426 g/mol. The fourth-order valence-electron chi connectivity index (χ4n) is 3.32. The summed E-state index contributed by atoms with van der Waals surface area (Å²) < 4.78 is 32.6. The van der Waals surface area contributed by atoms with Gasteiger partial charge in [-0.15, -0.1) is 0 Å². The first kappa shape index (κ1) is 22.6. The maximum absolute atomic E-state index is 13.1. The number of nitrogens with zero attached hydrogens (tertiary/aromatic N) is 1. The Hall–Kier alpha value is -2.13. The minimum absolute atomic E-state index is 0.0743. The number of quaternary nitrogens is 1. The van der Waals surface area contributed by atoms with Crippen LogP contribution < -0.4 is 14.5 Å². The van der Waals surface area contributed by atoms with Crippen LogP contribution in [0.15, 0.2) is 53.4 Å². The van der Waals surface area contributed by atoms with Crippen LogP contribution in [0.2, 0.25) is 5.02 Å². The second-order valence-corrected chi connectivity index (χ2v) is 9.52. The zero-order chi connectivity index (χ0) is 21.6. The van der Waals surface area contributed by atoms with Gasteiger partial charge in [0.05, 0.1) is 30.5 Å². The molecule has 2 aromatic rings. The molecule has 0 atom stereocenters. The van der Waals surface area contributed by atoms with Gasteiger partial charge < -0.3 is 15.0 Å². The van der Waals surface area contributed by atoms with Gasteiger partial charge in [0.25, 0.3) is 15.9 Å². The van der Waals surface area contributed by atoms with Gasteiger partial charge in [-0.3, -0.25) is 9.10 Å². The quantitative estimate of drug-likeness (QED) is 0.590. The molecule has 0 unspecified atom stereocenters. The Morgan fingerprint density at radius 2 is 1.87 bits per heavy atom. The summed E-state index contributed by atoms with van der Waals surface area (Å²) in [5.41, 5.74) is 0.771. The van der Waals surface area contributed by atoms with E-state index >= 15 is 0 Å². The first-order valence-corrected chi connectivity index (χ1v) is 11.7. The lowest BCUT2D eigenvalue weighted by atomic mass is 10.2. The number of rotatable bonds is 8. The van der Waals surface area contributed by atoms with Crippen molar-refractivity contribution >= 4 is 33.2 Å². The fraction of sp³-hybridized carbons (Fsp3) is 0.381. The number of morpholine rings is 1. The van der Waals surface area contributed by atoms with Gasteiger partial charge in [0, 0.05) is 25.6 Å². The zero-order valence-corrected chi connectivity index (χ0v) is 18.5. The monoisotopic (exact) mass is 452 g/mol. The zero-order valence-electron chi connectivity index (χ0n) is 16.9. The average Bonchev–Trinajstić information content (AvgIpc) is 2.77. The summed E-state index contributed by atoms with van der Waals surface area (Å²) >= 11 is 6.18. The molecule has 1 aliphatic rings. The van der Waals surface area contributed by atoms with E-state index in [0.29, 0.717) is 12.2 Å². The maximum Gasteiger partial charge on any atom is 0.265 e. The molecule has 1 heterocycles. The number of nitrogens with one attached hydrogen (secondary N) is 2. The smallest absolute Gasteiger partial charge is 0.265 e. The van der Waals surface area contributed by atoms with E-state index in [9.17, 15) is 13.2 Å². The lowest BCUT2D eigenvalue weighted by Gasteiger charge is -2.23. The van der Waals surface area contributed by atoms with Gasteiger partial charge in [-0.2, -0.15) is 0 Å². The Kier molecular flexibility index (Phi) is 7.71. The predicted octanol–water partition coefficient (Wildman–Crippen LogP) is 1.20. The van der Waals surface area contributed by atoms with Crippen molar-refractivity contribution < 1.29 is 22.8 Å². The largest absolute Gasteiger partial charge is 0.370 e. The number of amides is 1. The molecule has 1 saturated heterocycles. The Balaban J connectivity index is 1.66. The summed E-state index contributed by atoms with van der Waals surface area (Å²) in [6.07, 6.45) is 0.844. The highest BCUT2D eigenvalue weighted by molar-refractivity contribution is 7.93. The van der Waals surface area contributed by atoms with Crippen LogP contribution in [0, 0.1) is 0 Å². The second kappa shape index (κ2) is 10.3. The van der Waals surface area contributed by atoms with Crippen molar-refractivity contribution in [3.8, 4) is 0 Å². The van der Waals surface area contributed by atoms with Crippen LogP contribution in [-0.2, 0) is 14.8 Å². The number of hydrogen-bond donors (Lipinski definition) is 2. The number of anilines is 1. The molecule has 0 bridgehead atoms. The van der Waals surface area contributed by atoms with Crippen molar-refractivity contribution in [1.82, 2.24) is 5.32 Å². The van der Waals surface area contributed by atoms with Crippen LogP contribution in [-0.4, -0.2) is 60.8 Å². The lowest BCUT2D eigenvalue weighted by Crippen LogP contribution is -3.14. The van der Waals surface area contributed by atoms with Gasteiger partial charge in [0.1, 0.15) is 18.0 Å². The third-order valence-corrected chi connectivity index (χ3v) is 7.41. The Morgan fingerprint density at radius 3 is 2.57 bits per heavy atom. The SMILES string of the molecule is CN(c1ccccc1)S(=O)(=O)c1cc(C(=O)NCCC[NH+]2CCOCC2)ccc1Cl. The number of carbonyl (C=O) groups excluding carboxylic acids is 1. The lowest BCUT2D eigenvalue weighted by molar-refractivity contribution is -0.908. The highest BCUT2D eigenvalue weighted by atomic mass is 35.5. The van der Waals surface area contributed by atoms with E-state index in [2.05, 4.69) is 5.32 Å². The minimum atomic E-state index is -3.91. The van der Waals surface area contributed by atoms with Crippen LogP contribution in [0.25, 0.3) is 0 Å². The van der Waals surface area contributed by atoms with Crippen molar-refractivity contribution in [3.05, 3.63) is 59.1 Å². The summed E-state index contributed by atoms with van der Waals surface area (Å²) in [6, 6.07) is 13.0. The van der Waals surface area contributed by atoms with Crippen LogP contribution >= 0.6 is 11.6 Å². The number of carbonyl (C=O) groups is 1. The molecular formula is C21H27ClN3O4S+. The Bertz CT molecular complexity index is 963. The van der Waals surface area contributed by atoms with Crippen molar-refractivity contribution in [2.45, 2.75) is 11.3 Å². The standard InChI is InChI=1S/C21H26ClN3O4S/c1-24(18-6-3-2-4-7-18)30(27,28)20-16-17(8-9-19(20)22)21(26)23-10-5-11-25-12-14-29-15-13-25/h2-4,6-9,16H,5,10-15H2,1H3,(H,23,26)/p+1. The second-order valence-electron chi connectivity index (χ2n) is 7.18. The highest BCUT2D eigenvalue weighted by Crippen LogP contribution is 2.28. The molecule has 0 saturated carbocycles. The van der Waals surface area contributed by atoms with E-state index < -0.39 is 10.0 Å². The topological polar surface area (TPSA) is 80.2 Å². The summed E-state index contributed by atoms with van der Waals surface area (Å²) in [4.78, 5) is 13.9. The molecule has 1 aliphatic heterocycles. The highest BCUT2D eigenvalue weighted by Gasteiger charge is 2.25. The van der Waals surface area contributed by atoms with Gasteiger partial charge in [-0.25, -0.2) is 8.42 Å². The number of sulfonamides is 1. The van der Waals surface area contributed by atoms with Gasteiger partial charge in [0.2, 0.25) is 0 Å². The third kappa shape index (κ3) is 5.51. The molecule has 2 N–H and O–H groups in total. The molecule has 0 radical (unpaired) electrons. The van der Waals surface area contributed by atoms with Crippen molar-refractivity contribution in [2.24, 2.45) is 0 Å². The van der Waals surface area contributed by atoms with Crippen LogP contribution in [0.4, 0.5) is 5.69 Å². The molecule has 30 heavy (non-hydrogen) atoms. The van der Waals surface area contributed by atoms with Gasteiger partial charge >= 0.3 is 0 Å². The number of para-hydroxylation sites is 1. The molecule has 7 nitrogen and oxygen atoms in total. The molecule has 0 spiro atoms. The maximum atomic E-state index is 13.1. The first-order valence-electron chi connectivity index (χ1n) is 9.92. The molecule has 9 heteroatoms. The molecule has 2 aromatic carbocycles. The molecule has 3 rings (SSSR count). The van der Waals surface area contributed by atoms with Crippen LogP contribution in [0.1, 0.15) is 16.8 Å². The Labute approximate surface area is 182 Å². The van der Waals surface area contributed by atoms with Gasteiger partial charge in [-0.05, 0) is 30.3 Å². The van der Waals surface area contributed by atoms with Gasteiger partial charge in [-0.1, -0.05) is 29.8 Å². The summed E-state index contributed by atoms with van der Waals surface area (Å²) in [5.74, 6) is -0.317. The van der Waals surface area contributed by atoms with Crippen molar-refractivity contribution in [3.63, 3.8) is 0 Å². The number of halogens is 1. The van der Waals surface area contributed by atoms with E-state index in [0.717, 1.165) is 43.6 Å². The molecule has 162 valence electrons. The molecule has 1 amide bonds. The third-order valence-electron chi connectivity index (χ3n) is 5.14. The van der Waals surface area contributed by atoms with Crippen LogP contribution in [0.5, 0.6) is 0 Å². The van der Waals surface area contributed by atoms with Crippen molar-refractivity contribution in [1.29, 1.82) is 0 Å². The number of ether oxygens (including phenoxy) is 1. The van der Waals surface area contributed by atoms with E-state index in [-0.39, 0.29) is 21.4 Å². The Morgan fingerprint density at radius 1 is 1.17 bits per heavy atom. The summed E-state index contributed by atoms with van der Waals surface area (Å²) in [7, 11) is -2.45.